The zero-order valence-electron chi connectivity index (χ0n) is 20.8. The highest BCUT2D eigenvalue weighted by Gasteiger charge is 2.45. The normalized spacial score (nSPS) is 14.1. The molecule has 29 heavy (non-hydrogen) atoms. The predicted molar refractivity (Wildman–Crippen MR) is 133 cm³/mol. The number of hydrogen-bond donors (Lipinski definition) is 0. The molecule has 0 saturated carbocycles. The van der Waals surface area contributed by atoms with Crippen LogP contribution in [-0.2, 0) is 26.0 Å². The van der Waals surface area contributed by atoms with E-state index in [4.69, 9.17) is 21.2 Å². The van der Waals surface area contributed by atoms with Gasteiger partial charge >= 0.3 is 31.7 Å². The van der Waals surface area contributed by atoms with Crippen LogP contribution in [0.1, 0.15) is 13.3 Å². The molecule has 0 fully saturated rings. The molecule has 0 atom stereocenters. The summed E-state index contributed by atoms with van der Waals surface area (Å²) in [5.74, 6) is -0.333. The van der Waals surface area contributed by atoms with E-state index in [9.17, 15) is 4.79 Å². The Hall–Kier alpha value is 0.134. The fourth-order valence-corrected chi connectivity index (χ4v) is 27.2. The predicted octanol–water partition coefficient (Wildman–Crippen LogP) is 5.71. The molecule has 0 aromatic carbocycles. The van der Waals surface area contributed by atoms with Crippen molar-refractivity contribution in [2.45, 2.75) is 91.4 Å². The zero-order chi connectivity index (χ0) is 23.3. The van der Waals surface area contributed by atoms with E-state index in [1.54, 1.807) is 6.92 Å². The molecule has 0 spiro atoms. The molecule has 0 amide bonds. The molecule has 0 bridgehead atoms. The van der Waals surface area contributed by atoms with Crippen LogP contribution in [0.2, 0.25) is 78.1 Å². The van der Waals surface area contributed by atoms with E-state index in [0.717, 1.165) is 12.5 Å². The monoisotopic (exact) mass is 496 g/mol. The van der Waals surface area contributed by atoms with Crippen molar-refractivity contribution in [1.82, 2.24) is 0 Å². The molecule has 0 saturated heterocycles. The quantitative estimate of drug-likeness (QED) is 0.141. The van der Waals surface area contributed by atoms with Crippen LogP contribution < -0.4 is 0 Å². The first kappa shape index (κ1) is 29.1. The van der Waals surface area contributed by atoms with Gasteiger partial charge in [-0.3, -0.25) is 0 Å². The second-order valence-corrected chi connectivity index (χ2v) is 30.4. The van der Waals surface area contributed by atoms with E-state index in [0.29, 0.717) is 12.2 Å². The summed E-state index contributed by atoms with van der Waals surface area (Å²) in [7, 11) is -10.7. The Bertz CT molecular complexity index is 570. The summed E-state index contributed by atoms with van der Waals surface area (Å²) in [6.45, 7) is 29.1. The molecule has 0 aliphatic rings. The molecular weight excluding hydrogens is 453 g/mol. The van der Waals surface area contributed by atoms with E-state index in [1.807, 2.05) is 0 Å². The third kappa shape index (κ3) is 14.7. The molecule has 0 aromatic rings. The third-order valence-electron chi connectivity index (χ3n) is 3.56. The van der Waals surface area contributed by atoms with Crippen molar-refractivity contribution in [2.24, 2.45) is 0 Å². The van der Waals surface area contributed by atoms with Crippen molar-refractivity contribution in [2.75, 3.05) is 6.61 Å². The van der Waals surface area contributed by atoms with E-state index >= 15 is 0 Å². The summed E-state index contributed by atoms with van der Waals surface area (Å²) >= 11 is 0. The summed E-state index contributed by atoms with van der Waals surface area (Å²) in [6.07, 6.45) is 0.782. The minimum atomic E-state index is -2.40. The van der Waals surface area contributed by atoms with Gasteiger partial charge < -0.3 is 21.2 Å². The maximum Gasteiger partial charge on any atom is 0.333 e. The van der Waals surface area contributed by atoms with Gasteiger partial charge in [-0.05, 0) is 91.4 Å². The van der Waals surface area contributed by atoms with Crippen LogP contribution in [0, 0.1) is 0 Å². The van der Waals surface area contributed by atoms with Gasteiger partial charge in [-0.1, -0.05) is 6.58 Å². The molecule has 0 aliphatic carbocycles. The Morgan fingerprint density at radius 1 is 0.724 bits per heavy atom. The van der Waals surface area contributed by atoms with Gasteiger partial charge in [0, 0.05) is 5.57 Å². The average Bonchev–Trinajstić information content (AvgIpc) is 2.35. The number of ether oxygens (including phenoxy) is 1. The van der Waals surface area contributed by atoms with Crippen molar-refractivity contribution in [3.05, 3.63) is 12.2 Å². The minimum Gasteiger partial charge on any atom is -0.462 e. The van der Waals surface area contributed by atoms with Crippen LogP contribution in [0.25, 0.3) is 0 Å². The van der Waals surface area contributed by atoms with Crippen LogP contribution in [0.4, 0.5) is 0 Å². The molecule has 0 unspecified atom stereocenters. The van der Waals surface area contributed by atoms with Crippen LogP contribution in [0.3, 0.4) is 0 Å². The smallest absolute Gasteiger partial charge is 0.333 e. The second-order valence-electron chi connectivity index (χ2n) is 10.5. The average molecular weight is 497 g/mol. The van der Waals surface area contributed by atoms with Crippen molar-refractivity contribution in [1.29, 1.82) is 0 Å². The summed E-state index contributed by atoms with van der Waals surface area (Å²) in [5.41, 5.74) is 0.427. The lowest BCUT2D eigenvalue weighted by Crippen LogP contribution is -2.58. The van der Waals surface area contributed by atoms with Gasteiger partial charge in [0.1, 0.15) is 0 Å². The fourth-order valence-electron chi connectivity index (χ4n) is 3.49. The molecule has 0 aliphatic heterocycles. The van der Waals surface area contributed by atoms with Crippen molar-refractivity contribution in [3.63, 3.8) is 0 Å². The summed E-state index contributed by atoms with van der Waals surface area (Å²) in [5, 5.41) is 0. The summed E-state index contributed by atoms with van der Waals surface area (Å²) in [6, 6.07) is 0.901. The topological polar surface area (TPSA) is 63.2 Å². The van der Waals surface area contributed by atoms with Crippen molar-refractivity contribution >= 4 is 48.3 Å². The molecule has 11 heteroatoms. The largest absolute Gasteiger partial charge is 0.462 e. The van der Waals surface area contributed by atoms with Crippen LogP contribution in [0.15, 0.2) is 12.2 Å². The van der Waals surface area contributed by atoms with E-state index in [1.165, 1.54) is 0 Å². The van der Waals surface area contributed by atoms with Gasteiger partial charge in [0.15, 0.2) is 16.6 Å². The van der Waals surface area contributed by atoms with E-state index in [2.05, 4.69) is 78.6 Å². The highest BCUT2D eigenvalue weighted by Crippen LogP contribution is 2.27. The first-order chi connectivity index (χ1) is 12.7. The highest BCUT2D eigenvalue weighted by atomic mass is 28.5. The number of carbonyl (C=O) groups excluding carboxylic acids is 1. The molecule has 6 nitrogen and oxygen atoms in total. The fraction of sp³-hybridized carbons (Fsp3) is 0.833. The maximum absolute atomic E-state index is 11.5. The molecule has 0 N–H and O–H groups in total. The lowest BCUT2D eigenvalue weighted by molar-refractivity contribution is -0.138. The van der Waals surface area contributed by atoms with Crippen LogP contribution in [-0.4, -0.2) is 54.9 Å². The van der Waals surface area contributed by atoms with Crippen LogP contribution in [0.5, 0.6) is 0 Å². The number of hydrogen-bond acceptors (Lipinski definition) is 6. The van der Waals surface area contributed by atoms with Crippen molar-refractivity contribution in [3.8, 4) is 0 Å². The van der Waals surface area contributed by atoms with Gasteiger partial charge in [0.25, 0.3) is 0 Å². The molecular formula is C18H44O6Si5. The molecule has 0 radical (unpaired) electrons. The van der Waals surface area contributed by atoms with Gasteiger partial charge in [-0.2, -0.15) is 0 Å². The Kier molecular flexibility index (Phi) is 10.7. The molecule has 0 heterocycles. The van der Waals surface area contributed by atoms with Gasteiger partial charge in [-0.15, -0.1) is 0 Å². The number of carbonyl (C=O) groups is 1. The number of esters is 1. The molecule has 0 rings (SSSR count). The minimum absolute atomic E-state index is 0.333. The van der Waals surface area contributed by atoms with Crippen molar-refractivity contribution < 1.29 is 26.0 Å². The van der Waals surface area contributed by atoms with E-state index < -0.39 is 42.3 Å². The lowest BCUT2D eigenvalue weighted by Gasteiger charge is -2.42. The van der Waals surface area contributed by atoms with Crippen LogP contribution >= 0.6 is 0 Å². The Morgan fingerprint density at radius 2 is 1.14 bits per heavy atom. The molecule has 172 valence electrons. The second kappa shape index (κ2) is 10.6. The zero-order valence-corrected chi connectivity index (χ0v) is 25.8. The summed E-state index contributed by atoms with van der Waals surface area (Å²) < 4.78 is 31.1. The maximum atomic E-state index is 11.5. The van der Waals surface area contributed by atoms with Gasteiger partial charge in [0.05, 0.1) is 6.61 Å². The van der Waals surface area contributed by atoms with E-state index in [-0.39, 0.29) is 5.97 Å². The third-order valence-corrected chi connectivity index (χ3v) is 21.6. The Labute approximate surface area is 184 Å². The molecule has 0 aromatic heterocycles. The first-order valence-corrected chi connectivity index (χ1v) is 25.3. The van der Waals surface area contributed by atoms with Gasteiger partial charge in [0.2, 0.25) is 0 Å². The summed E-state index contributed by atoms with van der Waals surface area (Å²) in [4.78, 5) is 11.5. The Balaban J connectivity index is 4.77. The lowest BCUT2D eigenvalue weighted by atomic mass is 10.4. The Morgan fingerprint density at radius 3 is 1.55 bits per heavy atom. The number of rotatable bonds is 13. The first-order valence-electron chi connectivity index (χ1n) is 10.3. The SMILES string of the molecule is C=C(C)C(=O)OCCC[Si](C)(C)O[Si](C)(C)O[Si](C)(C)O[Si](C)(C)O[Si](C)(C)C. The van der Waals surface area contributed by atoms with Gasteiger partial charge in [-0.25, -0.2) is 4.79 Å². The standard InChI is InChI=1S/C18H44O6Si5/c1-17(2)18(19)20-15-14-16-26(6,7)22-28(10,11)24-29(12,13)23-27(8,9)21-25(3,4)5/h1,14-16H2,2-13H3. The highest BCUT2D eigenvalue weighted by molar-refractivity contribution is 6.90.